The number of hydrogen-bond acceptors (Lipinski definition) is 8. The molecule has 0 aliphatic carbocycles. The second-order valence-electron chi connectivity index (χ2n) is 5.93. The molecule has 28 heavy (non-hydrogen) atoms. The first-order valence-corrected chi connectivity index (χ1v) is 11.2. The predicted octanol–water partition coefficient (Wildman–Crippen LogP) is 2.31. The van der Waals surface area contributed by atoms with Gasteiger partial charge in [0.25, 0.3) is 0 Å². The molecule has 0 aliphatic heterocycles. The van der Waals surface area contributed by atoms with Gasteiger partial charge in [0, 0.05) is 6.61 Å². The molecule has 8 nitrogen and oxygen atoms in total. The summed E-state index contributed by atoms with van der Waals surface area (Å²) < 4.78 is 37.7. The van der Waals surface area contributed by atoms with Gasteiger partial charge in [-0.15, -0.1) is 21.5 Å². The highest BCUT2D eigenvalue weighted by Crippen LogP contribution is 2.37. The van der Waals surface area contributed by atoms with E-state index in [4.69, 9.17) is 14.6 Å². The van der Waals surface area contributed by atoms with Crippen molar-refractivity contribution in [3.05, 3.63) is 41.5 Å². The Morgan fingerprint density at radius 1 is 1.11 bits per heavy atom. The van der Waals surface area contributed by atoms with Crippen molar-refractivity contribution in [1.82, 2.24) is 14.8 Å². The van der Waals surface area contributed by atoms with Crippen molar-refractivity contribution < 1.29 is 23.0 Å². The summed E-state index contributed by atoms with van der Waals surface area (Å²) in [4.78, 5) is 0.833. The van der Waals surface area contributed by atoms with Crippen LogP contribution in [-0.2, 0) is 15.6 Å². The van der Waals surface area contributed by atoms with Crippen LogP contribution in [0.3, 0.4) is 0 Å². The van der Waals surface area contributed by atoms with Crippen LogP contribution >= 0.6 is 11.3 Å². The van der Waals surface area contributed by atoms with Crippen molar-refractivity contribution in [2.24, 2.45) is 0 Å². The van der Waals surface area contributed by atoms with E-state index in [0.29, 0.717) is 23.0 Å². The highest BCUT2D eigenvalue weighted by molar-refractivity contribution is 7.90. The van der Waals surface area contributed by atoms with E-state index >= 15 is 0 Å². The zero-order chi connectivity index (χ0) is 20.1. The van der Waals surface area contributed by atoms with Crippen LogP contribution in [-0.4, -0.2) is 54.9 Å². The molecule has 2 heterocycles. The van der Waals surface area contributed by atoms with Gasteiger partial charge in [0.1, 0.15) is 22.9 Å². The van der Waals surface area contributed by atoms with Gasteiger partial charge in [0.05, 0.1) is 24.8 Å². The molecule has 0 aliphatic rings. The third kappa shape index (κ3) is 4.18. The zero-order valence-corrected chi connectivity index (χ0v) is 17.2. The lowest BCUT2D eigenvalue weighted by molar-refractivity contribution is 0.295. The summed E-state index contributed by atoms with van der Waals surface area (Å²) >= 11 is 1.47. The van der Waals surface area contributed by atoms with E-state index in [1.807, 2.05) is 17.5 Å². The molecular formula is C18H21N3O5S2. The molecule has 10 heteroatoms. The molecule has 0 unspecified atom stereocenters. The largest absolute Gasteiger partial charge is 0.494 e. The lowest BCUT2D eigenvalue weighted by Crippen LogP contribution is -2.15. The van der Waals surface area contributed by atoms with Crippen molar-refractivity contribution >= 4 is 21.2 Å². The predicted molar refractivity (Wildman–Crippen MR) is 107 cm³/mol. The molecule has 0 saturated carbocycles. The van der Waals surface area contributed by atoms with E-state index in [-0.39, 0.29) is 30.4 Å². The summed E-state index contributed by atoms with van der Waals surface area (Å²) in [6, 6.07) is 9.08. The van der Waals surface area contributed by atoms with Gasteiger partial charge < -0.3 is 14.6 Å². The Kier molecular flexibility index (Phi) is 6.32. The van der Waals surface area contributed by atoms with Crippen molar-refractivity contribution in [2.45, 2.75) is 12.2 Å². The standard InChI is InChI=1S/C18H21N3O5S2/c1-25-13-6-3-7-14(26-2)17(13)21-16(12-28(23,24)11-5-9-22)19-20-18(21)15-8-4-10-27-15/h3-4,6-8,10,22H,5,9,11-12H2,1-2H3. The maximum absolute atomic E-state index is 12.5. The first-order valence-electron chi connectivity index (χ1n) is 8.51. The quantitative estimate of drug-likeness (QED) is 0.563. The van der Waals surface area contributed by atoms with Gasteiger partial charge in [-0.2, -0.15) is 0 Å². The maximum atomic E-state index is 12.5. The number of hydrogen-bond donors (Lipinski definition) is 1. The van der Waals surface area contributed by atoms with Crippen molar-refractivity contribution in [1.29, 1.82) is 0 Å². The second-order valence-corrected chi connectivity index (χ2v) is 9.06. The number of nitrogens with zero attached hydrogens (tertiary/aromatic N) is 3. The highest BCUT2D eigenvalue weighted by atomic mass is 32.2. The molecule has 3 rings (SSSR count). The smallest absolute Gasteiger partial charge is 0.178 e. The average Bonchev–Trinajstić information content (AvgIpc) is 3.35. The van der Waals surface area contributed by atoms with E-state index in [9.17, 15) is 8.42 Å². The summed E-state index contributed by atoms with van der Waals surface area (Å²) in [5, 5.41) is 19.3. The van der Waals surface area contributed by atoms with E-state index in [0.717, 1.165) is 4.88 Å². The normalized spacial score (nSPS) is 11.5. The molecule has 2 aromatic heterocycles. The van der Waals surface area contributed by atoms with Gasteiger partial charge in [-0.25, -0.2) is 8.42 Å². The Bertz CT molecular complexity index is 1010. The van der Waals surface area contributed by atoms with Crippen molar-refractivity contribution in [2.75, 3.05) is 26.6 Å². The molecule has 1 aromatic carbocycles. The fourth-order valence-electron chi connectivity index (χ4n) is 2.82. The fraction of sp³-hybridized carbons (Fsp3) is 0.333. The molecule has 0 radical (unpaired) electrons. The molecule has 1 N–H and O–H groups in total. The summed E-state index contributed by atoms with van der Waals surface area (Å²) in [5.41, 5.74) is 0.535. The van der Waals surface area contributed by atoms with E-state index < -0.39 is 9.84 Å². The highest BCUT2D eigenvalue weighted by Gasteiger charge is 2.25. The number of aliphatic hydroxyl groups is 1. The molecule has 0 amide bonds. The van der Waals surface area contributed by atoms with Crippen molar-refractivity contribution in [3.63, 3.8) is 0 Å². The second kappa shape index (κ2) is 8.72. The van der Waals surface area contributed by atoms with Gasteiger partial charge in [-0.1, -0.05) is 12.1 Å². The summed E-state index contributed by atoms with van der Waals surface area (Å²) in [5.74, 6) is 1.33. The van der Waals surface area contributed by atoms with Gasteiger partial charge in [0.15, 0.2) is 21.5 Å². The Morgan fingerprint density at radius 2 is 1.82 bits per heavy atom. The van der Waals surface area contributed by atoms with E-state index in [1.165, 1.54) is 25.6 Å². The number of thiophene rings is 1. The van der Waals surface area contributed by atoms with Crippen LogP contribution in [0.2, 0.25) is 0 Å². The number of rotatable bonds is 9. The zero-order valence-electron chi connectivity index (χ0n) is 15.5. The third-order valence-electron chi connectivity index (χ3n) is 4.06. The Morgan fingerprint density at radius 3 is 2.39 bits per heavy atom. The van der Waals surface area contributed by atoms with Crippen LogP contribution in [0.1, 0.15) is 12.2 Å². The number of methoxy groups -OCH3 is 2. The molecule has 0 spiro atoms. The molecule has 0 bridgehead atoms. The Balaban J connectivity index is 2.20. The molecule has 150 valence electrons. The number of sulfone groups is 1. The maximum Gasteiger partial charge on any atom is 0.178 e. The van der Waals surface area contributed by atoms with Gasteiger partial charge in [0.2, 0.25) is 0 Å². The lowest BCUT2D eigenvalue weighted by Gasteiger charge is -2.17. The van der Waals surface area contributed by atoms with Crippen LogP contribution in [0.5, 0.6) is 11.5 Å². The first kappa shape index (κ1) is 20.3. The summed E-state index contributed by atoms with van der Waals surface area (Å²) in [7, 11) is -0.418. The van der Waals surface area contributed by atoms with Crippen LogP contribution in [0.4, 0.5) is 0 Å². The molecule has 0 saturated heterocycles. The minimum Gasteiger partial charge on any atom is -0.494 e. The van der Waals surface area contributed by atoms with Gasteiger partial charge >= 0.3 is 0 Å². The third-order valence-corrected chi connectivity index (χ3v) is 6.53. The van der Waals surface area contributed by atoms with Crippen LogP contribution in [0.15, 0.2) is 35.7 Å². The molecule has 3 aromatic rings. The summed E-state index contributed by atoms with van der Waals surface area (Å²) in [6.45, 7) is -0.188. The van der Waals surface area contributed by atoms with E-state index in [1.54, 1.807) is 22.8 Å². The monoisotopic (exact) mass is 423 g/mol. The number of para-hydroxylation sites is 1. The molecular weight excluding hydrogens is 402 g/mol. The Labute approximate surface area is 167 Å². The Hall–Kier alpha value is -2.43. The van der Waals surface area contributed by atoms with Crippen LogP contribution < -0.4 is 9.47 Å². The number of aromatic nitrogens is 3. The van der Waals surface area contributed by atoms with E-state index in [2.05, 4.69) is 10.2 Å². The number of ether oxygens (including phenoxy) is 2. The van der Waals surface area contributed by atoms with Crippen LogP contribution in [0.25, 0.3) is 16.4 Å². The minimum atomic E-state index is -3.48. The van der Waals surface area contributed by atoms with Gasteiger partial charge in [-0.05, 0) is 30.0 Å². The topological polar surface area (TPSA) is 104 Å². The fourth-order valence-corrected chi connectivity index (χ4v) is 4.81. The SMILES string of the molecule is COc1cccc(OC)c1-n1c(CS(=O)(=O)CCCO)nnc1-c1cccs1. The van der Waals surface area contributed by atoms with Crippen molar-refractivity contribution in [3.8, 4) is 27.9 Å². The first-order chi connectivity index (χ1) is 13.5. The molecule has 0 atom stereocenters. The summed E-state index contributed by atoms with van der Waals surface area (Å²) in [6.07, 6.45) is 0.173. The minimum absolute atomic E-state index is 0.131. The average molecular weight is 424 g/mol. The number of aliphatic hydroxyl groups excluding tert-OH is 1. The van der Waals surface area contributed by atoms with Gasteiger partial charge in [-0.3, -0.25) is 4.57 Å². The number of benzene rings is 1. The molecule has 0 fully saturated rings. The lowest BCUT2D eigenvalue weighted by atomic mass is 10.2. The van der Waals surface area contributed by atoms with Crippen LogP contribution in [0, 0.1) is 0 Å².